The van der Waals surface area contributed by atoms with Crippen molar-refractivity contribution in [3.63, 3.8) is 0 Å². The number of sulfone groups is 1. The summed E-state index contributed by atoms with van der Waals surface area (Å²) in [5.41, 5.74) is 15.1. The number of anilines is 2. The van der Waals surface area contributed by atoms with Crippen LogP contribution >= 0.6 is 0 Å². The van der Waals surface area contributed by atoms with E-state index in [1.807, 2.05) is 13.0 Å². The van der Waals surface area contributed by atoms with Gasteiger partial charge in [-0.05, 0) is 31.2 Å². The zero-order valence-corrected chi connectivity index (χ0v) is 15.3. The minimum absolute atomic E-state index is 0.0499. The third-order valence-corrected chi connectivity index (χ3v) is 5.80. The van der Waals surface area contributed by atoms with Gasteiger partial charge in [0.05, 0.1) is 22.0 Å². The second-order valence-electron chi connectivity index (χ2n) is 5.79. The minimum atomic E-state index is -3.26. The van der Waals surface area contributed by atoms with Crippen LogP contribution in [0.2, 0.25) is 0 Å². The number of pyridine rings is 1. The van der Waals surface area contributed by atoms with Crippen molar-refractivity contribution in [2.24, 2.45) is 0 Å². The molecule has 7 nitrogen and oxygen atoms in total. The number of nitrogen functional groups attached to an aromatic ring is 2. The predicted octanol–water partition coefficient (Wildman–Crippen LogP) is 2.47. The number of aryl methyl sites for hydroxylation is 1. The molecule has 0 bridgehead atoms. The Balaban J connectivity index is 2.17. The third-order valence-electron chi connectivity index (χ3n) is 4.05. The summed E-state index contributed by atoms with van der Waals surface area (Å²) in [6.45, 7) is 3.45. The van der Waals surface area contributed by atoms with Gasteiger partial charge in [0.1, 0.15) is 5.82 Å². The van der Waals surface area contributed by atoms with Crippen LogP contribution in [0.15, 0.2) is 47.5 Å². The van der Waals surface area contributed by atoms with Gasteiger partial charge in [-0.1, -0.05) is 19.1 Å². The molecule has 0 saturated heterocycles. The third kappa shape index (κ3) is 3.36. The fourth-order valence-corrected chi connectivity index (χ4v) is 3.57. The van der Waals surface area contributed by atoms with Gasteiger partial charge in [0, 0.05) is 22.9 Å². The molecule has 8 heteroatoms. The molecule has 0 aliphatic heterocycles. The summed E-state index contributed by atoms with van der Waals surface area (Å²) in [5, 5.41) is 0. The molecule has 2 aromatic heterocycles. The number of nitrogens with two attached hydrogens (primary N) is 2. The SMILES string of the molecule is CCS(=O)(=O)c1ccc(-c2nc(N)nc(C)c2-c2ccc(N)nc2)cc1. The Morgan fingerprint density at radius 1 is 0.962 bits per heavy atom. The number of aromatic nitrogens is 3. The fourth-order valence-electron chi connectivity index (χ4n) is 2.69. The second kappa shape index (κ2) is 6.72. The van der Waals surface area contributed by atoms with Crippen molar-refractivity contribution in [2.45, 2.75) is 18.7 Å². The van der Waals surface area contributed by atoms with Crippen LogP contribution in [-0.4, -0.2) is 29.1 Å². The Hall–Kier alpha value is -3.00. The highest BCUT2D eigenvalue weighted by atomic mass is 32.2. The summed E-state index contributed by atoms with van der Waals surface area (Å²) in [4.78, 5) is 13.0. The first-order valence-electron chi connectivity index (χ1n) is 8.01. The molecule has 0 aliphatic carbocycles. The molecule has 0 aliphatic rings. The smallest absolute Gasteiger partial charge is 0.220 e. The number of rotatable bonds is 4. The lowest BCUT2D eigenvalue weighted by Crippen LogP contribution is -2.04. The predicted molar refractivity (Wildman–Crippen MR) is 102 cm³/mol. The van der Waals surface area contributed by atoms with Crippen LogP contribution in [0.5, 0.6) is 0 Å². The summed E-state index contributed by atoms with van der Waals surface area (Å²) in [6, 6.07) is 10.1. The first-order valence-corrected chi connectivity index (χ1v) is 9.66. The molecule has 3 aromatic rings. The van der Waals surface area contributed by atoms with Gasteiger partial charge < -0.3 is 11.5 Å². The van der Waals surface area contributed by atoms with Crippen molar-refractivity contribution in [3.05, 3.63) is 48.3 Å². The maximum absolute atomic E-state index is 12.0. The Morgan fingerprint density at radius 3 is 2.19 bits per heavy atom. The fraction of sp³-hybridized carbons (Fsp3) is 0.167. The van der Waals surface area contributed by atoms with Crippen molar-refractivity contribution < 1.29 is 8.42 Å². The molecule has 134 valence electrons. The van der Waals surface area contributed by atoms with E-state index >= 15 is 0 Å². The largest absolute Gasteiger partial charge is 0.384 e. The Bertz CT molecular complexity index is 1050. The molecular formula is C18H19N5O2S. The summed E-state index contributed by atoms with van der Waals surface area (Å²) in [6.07, 6.45) is 1.65. The first kappa shape index (κ1) is 17.8. The molecule has 0 fully saturated rings. The van der Waals surface area contributed by atoms with Gasteiger partial charge in [0.2, 0.25) is 5.95 Å². The van der Waals surface area contributed by atoms with E-state index in [0.717, 1.165) is 16.7 Å². The standard InChI is InChI=1S/C18H19N5O2S/c1-3-26(24,25)14-7-4-12(5-8-14)17-16(11(2)22-18(20)23-17)13-6-9-15(19)21-10-13/h4-10H,3H2,1-2H3,(H2,19,21)(H2,20,22,23). The first-order chi connectivity index (χ1) is 12.3. The Kier molecular flexibility index (Phi) is 4.60. The molecule has 2 heterocycles. The van der Waals surface area contributed by atoms with Crippen molar-refractivity contribution in [1.29, 1.82) is 0 Å². The van der Waals surface area contributed by atoms with Crippen molar-refractivity contribution in [3.8, 4) is 22.4 Å². The number of hydrogen-bond acceptors (Lipinski definition) is 7. The molecule has 0 unspecified atom stereocenters. The second-order valence-corrected chi connectivity index (χ2v) is 8.07. The zero-order chi connectivity index (χ0) is 18.9. The van der Waals surface area contributed by atoms with Gasteiger partial charge in [-0.25, -0.2) is 23.4 Å². The summed E-state index contributed by atoms with van der Waals surface area (Å²) < 4.78 is 24.0. The molecule has 3 rings (SSSR count). The lowest BCUT2D eigenvalue weighted by Gasteiger charge is -2.13. The van der Waals surface area contributed by atoms with Crippen LogP contribution in [0.1, 0.15) is 12.6 Å². The molecule has 0 radical (unpaired) electrons. The summed E-state index contributed by atoms with van der Waals surface area (Å²) >= 11 is 0. The van der Waals surface area contributed by atoms with E-state index < -0.39 is 9.84 Å². The van der Waals surface area contributed by atoms with E-state index in [2.05, 4.69) is 15.0 Å². The average Bonchev–Trinajstić information content (AvgIpc) is 2.62. The molecule has 26 heavy (non-hydrogen) atoms. The van der Waals surface area contributed by atoms with Crippen LogP contribution in [0.4, 0.5) is 11.8 Å². The zero-order valence-electron chi connectivity index (χ0n) is 14.5. The van der Waals surface area contributed by atoms with Crippen LogP contribution in [0, 0.1) is 6.92 Å². The van der Waals surface area contributed by atoms with Crippen LogP contribution in [-0.2, 0) is 9.84 Å². The maximum Gasteiger partial charge on any atom is 0.220 e. The summed E-state index contributed by atoms with van der Waals surface area (Å²) in [7, 11) is -3.26. The van der Waals surface area contributed by atoms with Crippen LogP contribution in [0.25, 0.3) is 22.4 Å². The number of benzene rings is 1. The van der Waals surface area contributed by atoms with Crippen molar-refractivity contribution >= 4 is 21.6 Å². The Labute approximate surface area is 152 Å². The highest BCUT2D eigenvalue weighted by molar-refractivity contribution is 7.91. The summed E-state index contributed by atoms with van der Waals surface area (Å²) in [5.74, 6) is 0.613. The van der Waals surface area contributed by atoms with Gasteiger partial charge in [0.25, 0.3) is 0 Å². The molecule has 0 saturated carbocycles. The quantitative estimate of drug-likeness (QED) is 0.723. The average molecular weight is 369 g/mol. The molecule has 0 spiro atoms. The normalized spacial score (nSPS) is 11.5. The van der Waals surface area contributed by atoms with E-state index in [1.54, 1.807) is 43.5 Å². The van der Waals surface area contributed by atoms with Gasteiger partial charge in [0.15, 0.2) is 9.84 Å². The maximum atomic E-state index is 12.0. The van der Waals surface area contributed by atoms with E-state index in [9.17, 15) is 8.42 Å². The van der Waals surface area contributed by atoms with E-state index in [-0.39, 0.29) is 16.6 Å². The van der Waals surface area contributed by atoms with Crippen LogP contribution < -0.4 is 11.5 Å². The molecule has 1 aromatic carbocycles. The van der Waals surface area contributed by atoms with E-state index in [4.69, 9.17) is 11.5 Å². The number of hydrogen-bond donors (Lipinski definition) is 2. The van der Waals surface area contributed by atoms with E-state index in [1.165, 1.54) is 0 Å². The lowest BCUT2D eigenvalue weighted by atomic mass is 9.99. The van der Waals surface area contributed by atoms with Crippen molar-refractivity contribution in [1.82, 2.24) is 15.0 Å². The minimum Gasteiger partial charge on any atom is -0.384 e. The molecule has 4 N–H and O–H groups in total. The van der Waals surface area contributed by atoms with Crippen molar-refractivity contribution in [2.75, 3.05) is 17.2 Å². The van der Waals surface area contributed by atoms with Gasteiger partial charge in [-0.2, -0.15) is 0 Å². The molecular weight excluding hydrogens is 350 g/mol. The van der Waals surface area contributed by atoms with E-state index in [0.29, 0.717) is 17.2 Å². The highest BCUT2D eigenvalue weighted by Crippen LogP contribution is 2.33. The molecule has 0 atom stereocenters. The Morgan fingerprint density at radius 2 is 1.62 bits per heavy atom. The molecule has 0 amide bonds. The van der Waals surface area contributed by atoms with Gasteiger partial charge in [-0.15, -0.1) is 0 Å². The monoisotopic (exact) mass is 369 g/mol. The topological polar surface area (TPSA) is 125 Å². The van der Waals surface area contributed by atoms with Crippen LogP contribution in [0.3, 0.4) is 0 Å². The lowest BCUT2D eigenvalue weighted by molar-refractivity contribution is 0.597. The number of nitrogens with zero attached hydrogens (tertiary/aromatic N) is 3. The van der Waals surface area contributed by atoms with Gasteiger partial charge in [-0.3, -0.25) is 0 Å². The highest BCUT2D eigenvalue weighted by Gasteiger charge is 2.17. The van der Waals surface area contributed by atoms with Gasteiger partial charge >= 0.3 is 0 Å².